The normalized spacial score (nSPS) is 10.3. The second kappa shape index (κ2) is 3.77. The van der Waals surface area contributed by atoms with Gasteiger partial charge in [-0.3, -0.25) is 0 Å². The first-order valence-electron chi connectivity index (χ1n) is 4.29. The van der Waals surface area contributed by atoms with Crippen LogP contribution in [-0.4, -0.2) is 0 Å². The van der Waals surface area contributed by atoms with Gasteiger partial charge in [-0.05, 0) is 35.4 Å². The maximum absolute atomic E-state index is 12.9. The second-order valence-corrected chi connectivity index (χ2v) is 3.05. The number of hydrogen-bond donors (Lipinski definition) is 0. The molecule has 0 saturated heterocycles. The van der Waals surface area contributed by atoms with Crippen molar-refractivity contribution in [3.05, 3.63) is 59.9 Å². The summed E-state index contributed by atoms with van der Waals surface area (Å²) >= 11 is 0. The van der Waals surface area contributed by atoms with Gasteiger partial charge >= 0.3 is 0 Å². The second-order valence-electron chi connectivity index (χ2n) is 3.05. The molecule has 0 spiro atoms. The lowest BCUT2D eigenvalue weighted by Crippen LogP contribution is -1.91. The fourth-order valence-corrected chi connectivity index (χ4v) is 1.30. The fraction of sp³-hybridized carbons (Fsp3) is 0. The van der Waals surface area contributed by atoms with Gasteiger partial charge in [0, 0.05) is 0 Å². The topological polar surface area (TPSA) is 0 Å². The van der Waals surface area contributed by atoms with E-state index in [0.29, 0.717) is 11.1 Å². The van der Waals surface area contributed by atoms with Crippen molar-refractivity contribution in [3.63, 3.8) is 0 Å². The Kier molecular flexibility index (Phi) is 2.46. The van der Waals surface area contributed by atoms with Gasteiger partial charge in [0.15, 0.2) is 17.5 Å². The predicted molar refractivity (Wildman–Crippen MR) is 50.6 cm³/mol. The van der Waals surface area contributed by atoms with Crippen molar-refractivity contribution in [3.8, 4) is 11.1 Å². The summed E-state index contributed by atoms with van der Waals surface area (Å²) in [5, 5.41) is 0. The molecule has 1 radical (unpaired) electrons. The molecule has 0 unspecified atom stereocenters. The van der Waals surface area contributed by atoms with Crippen molar-refractivity contribution in [1.82, 2.24) is 0 Å². The smallest absolute Gasteiger partial charge is 0.194 e. The van der Waals surface area contributed by atoms with Gasteiger partial charge in [0.25, 0.3) is 0 Å². The van der Waals surface area contributed by atoms with Gasteiger partial charge in [-0.1, -0.05) is 18.2 Å². The third-order valence-electron chi connectivity index (χ3n) is 2.02. The lowest BCUT2D eigenvalue weighted by molar-refractivity contribution is 0.448. The Morgan fingerprint density at radius 3 is 2.13 bits per heavy atom. The quantitative estimate of drug-likeness (QED) is 0.627. The van der Waals surface area contributed by atoms with Crippen LogP contribution in [0.3, 0.4) is 0 Å². The minimum absolute atomic E-state index is 0.295. The summed E-state index contributed by atoms with van der Waals surface area (Å²) in [6, 6.07) is 11.3. The van der Waals surface area contributed by atoms with E-state index in [1.165, 1.54) is 0 Å². The Bertz CT molecular complexity index is 454. The van der Waals surface area contributed by atoms with Crippen LogP contribution < -0.4 is 0 Å². The molecule has 15 heavy (non-hydrogen) atoms. The van der Waals surface area contributed by atoms with Gasteiger partial charge in [0.2, 0.25) is 0 Å². The van der Waals surface area contributed by atoms with Gasteiger partial charge in [-0.15, -0.1) is 0 Å². The molecule has 0 N–H and O–H groups in total. The number of hydrogen-bond acceptors (Lipinski definition) is 0. The highest BCUT2D eigenvalue weighted by Crippen LogP contribution is 2.23. The maximum atomic E-state index is 12.9. The standard InChI is InChI=1S/C12H6F3/c13-10-6-9(7-11(14)12(10)15)8-4-2-1-3-5-8/h1-2,4-7H. The van der Waals surface area contributed by atoms with E-state index in [9.17, 15) is 13.2 Å². The van der Waals surface area contributed by atoms with Crippen LogP contribution in [0.5, 0.6) is 0 Å². The van der Waals surface area contributed by atoms with E-state index < -0.39 is 17.5 Å². The minimum atomic E-state index is -1.45. The van der Waals surface area contributed by atoms with E-state index in [4.69, 9.17) is 0 Å². The Hall–Kier alpha value is -1.77. The summed E-state index contributed by atoms with van der Waals surface area (Å²) in [5.41, 5.74) is 0.888. The molecule has 0 fully saturated rings. The molecule has 2 aromatic carbocycles. The van der Waals surface area contributed by atoms with Crippen molar-refractivity contribution in [1.29, 1.82) is 0 Å². The molecule has 0 nitrogen and oxygen atoms in total. The zero-order chi connectivity index (χ0) is 10.8. The summed E-state index contributed by atoms with van der Waals surface area (Å²) in [7, 11) is 0. The summed E-state index contributed by atoms with van der Waals surface area (Å²) in [6.07, 6.45) is 0. The first-order valence-corrected chi connectivity index (χ1v) is 4.29. The summed E-state index contributed by atoms with van der Waals surface area (Å²) in [5.74, 6) is -3.82. The molecule has 0 atom stereocenters. The monoisotopic (exact) mass is 207 g/mol. The van der Waals surface area contributed by atoms with Crippen LogP contribution in [0, 0.1) is 23.5 Å². The van der Waals surface area contributed by atoms with Gasteiger partial charge in [-0.2, -0.15) is 0 Å². The van der Waals surface area contributed by atoms with Crippen molar-refractivity contribution >= 4 is 0 Å². The number of rotatable bonds is 1. The summed E-state index contributed by atoms with van der Waals surface area (Å²) in [4.78, 5) is 0. The molecule has 0 aliphatic rings. The molecular formula is C12H6F3. The first-order chi connectivity index (χ1) is 7.18. The first kappa shape index (κ1) is 9.77. The SMILES string of the molecule is Fc1cc(-c2c[c]ccc2)cc(F)c1F. The molecule has 0 aromatic heterocycles. The summed E-state index contributed by atoms with van der Waals surface area (Å²) < 4.78 is 38.5. The molecule has 75 valence electrons. The molecule has 2 rings (SSSR count). The van der Waals surface area contributed by atoms with E-state index >= 15 is 0 Å². The average molecular weight is 207 g/mol. The van der Waals surface area contributed by atoms with Crippen LogP contribution in [0.15, 0.2) is 36.4 Å². The largest absolute Gasteiger partial charge is 0.204 e. The molecule has 0 aliphatic carbocycles. The van der Waals surface area contributed by atoms with Crippen LogP contribution in [0.2, 0.25) is 0 Å². The van der Waals surface area contributed by atoms with Crippen LogP contribution >= 0.6 is 0 Å². The van der Waals surface area contributed by atoms with Gasteiger partial charge < -0.3 is 0 Å². The average Bonchev–Trinajstić information content (AvgIpc) is 2.26. The number of benzene rings is 2. The van der Waals surface area contributed by atoms with Gasteiger partial charge in [0.05, 0.1) is 0 Å². The zero-order valence-electron chi connectivity index (χ0n) is 7.60. The van der Waals surface area contributed by atoms with Crippen molar-refractivity contribution in [2.24, 2.45) is 0 Å². The molecule has 0 saturated carbocycles. The van der Waals surface area contributed by atoms with Crippen molar-refractivity contribution in [2.75, 3.05) is 0 Å². The maximum Gasteiger partial charge on any atom is 0.194 e. The van der Waals surface area contributed by atoms with Crippen LogP contribution in [0.4, 0.5) is 13.2 Å². The van der Waals surface area contributed by atoms with Crippen LogP contribution in [-0.2, 0) is 0 Å². The molecule has 2 aromatic rings. The molecular weight excluding hydrogens is 201 g/mol. The zero-order valence-corrected chi connectivity index (χ0v) is 7.60. The highest BCUT2D eigenvalue weighted by molar-refractivity contribution is 5.63. The van der Waals surface area contributed by atoms with E-state index in [0.717, 1.165) is 12.1 Å². The molecule has 0 heterocycles. The molecule has 0 aliphatic heterocycles. The minimum Gasteiger partial charge on any atom is -0.204 e. The Labute approximate surface area is 85.0 Å². The third-order valence-corrected chi connectivity index (χ3v) is 2.02. The van der Waals surface area contributed by atoms with Crippen molar-refractivity contribution < 1.29 is 13.2 Å². The van der Waals surface area contributed by atoms with E-state index in [2.05, 4.69) is 6.07 Å². The van der Waals surface area contributed by atoms with E-state index in [1.54, 1.807) is 24.3 Å². The Balaban J connectivity index is 2.56. The lowest BCUT2D eigenvalue weighted by atomic mass is 10.1. The van der Waals surface area contributed by atoms with Crippen LogP contribution in [0.25, 0.3) is 11.1 Å². The van der Waals surface area contributed by atoms with Gasteiger partial charge in [-0.25, -0.2) is 13.2 Å². The third kappa shape index (κ3) is 1.86. The predicted octanol–water partition coefficient (Wildman–Crippen LogP) is 3.57. The fourth-order valence-electron chi connectivity index (χ4n) is 1.30. The Morgan fingerprint density at radius 1 is 0.933 bits per heavy atom. The molecule has 0 amide bonds. The highest BCUT2D eigenvalue weighted by Gasteiger charge is 2.10. The number of halogens is 3. The Morgan fingerprint density at radius 2 is 1.60 bits per heavy atom. The van der Waals surface area contributed by atoms with Crippen LogP contribution in [0.1, 0.15) is 0 Å². The molecule has 3 heteroatoms. The van der Waals surface area contributed by atoms with E-state index in [-0.39, 0.29) is 0 Å². The van der Waals surface area contributed by atoms with Gasteiger partial charge in [0.1, 0.15) is 0 Å². The van der Waals surface area contributed by atoms with E-state index in [1.807, 2.05) is 0 Å². The van der Waals surface area contributed by atoms with Crippen molar-refractivity contribution in [2.45, 2.75) is 0 Å². The highest BCUT2D eigenvalue weighted by atomic mass is 19.2. The lowest BCUT2D eigenvalue weighted by Gasteiger charge is -2.02. The molecule has 0 bridgehead atoms. The summed E-state index contributed by atoms with van der Waals surface area (Å²) in [6.45, 7) is 0.